The first-order chi connectivity index (χ1) is 10.8. The molecule has 1 aromatic rings. The highest BCUT2D eigenvalue weighted by Crippen LogP contribution is 2.21. The molecule has 1 aliphatic rings. The Hall–Kier alpha value is -1.54. The van der Waals surface area contributed by atoms with E-state index in [2.05, 4.69) is 5.32 Å². The van der Waals surface area contributed by atoms with Crippen molar-refractivity contribution >= 4 is 33.5 Å². The first-order valence-corrected chi connectivity index (χ1v) is 10.2. The summed E-state index contributed by atoms with van der Waals surface area (Å²) in [5, 5.41) is 2.62. The molecule has 1 saturated heterocycles. The molecule has 0 bridgehead atoms. The van der Waals surface area contributed by atoms with Crippen LogP contribution in [0.15, 0.2) is 29.2 Å². The number of esters is 1. The molecule has 1 amide bonds. The molecule has 1 N–H and O–H groups in total. The Bertz CT molecular complexity index is 702. The average molecular weight is 357 g/mol. The van der Waals surface area contributed by atoms with Crippen molar-refractivity contribution < 1.29 is 22.7 Å². The van der Waals surface area contributed by atoms with E-state index in [0.717, 1.165) is 4.90 Å². The van der Waals surface area contributed by atoms with Gasteiger partial charge in [-0.15, -0.1) is 11.8 Å². The third kappa shape index (κ3) is 4.71. The average Bonchev–Trinajstić information content (AvgIpc) is 2.85. The third-order valence-electron chi connectivity index (χ3n) is 3.56. The van der Waals surface area contributed by atoms with E-state index in [4.69, 9.17) is 4.74 Å². The lowest BCUT2D eigenvalue weighted by Gasteiger charge is -2.17. The number of carbonyl (C=O) groups excluding carboxylic acids is 2. The minimum atomic E-state index is -3.07. The van der Waals surface area contributed by atoms with Gasteiger partial charge in [-0.05, 0) is 31.7 Å². The van der Waals surface area contributed by atoms with Crippen LogP contribution in [0.2, 0.25) is 0 Å². The van der Waals surface area contributed by atoms with Gasteiger partial charge in [-0.25, -0.2) is 13.2 Å². The second-order valence-electron chi connectivity index (χ2n) is 5.36. The number of benzene rings is 1. The van der Waals surface area contributed by atoms with E-state index in [1.807, 2.05) is 12.3 Å². The van der Waals surface area contributed by atoms with Gasteiger partial charge in [0, 0.05) is 10.9 Å². The molecule has 2 atom stereocenters. The van der Waals surface area contributed by atoms with Gasteiger partial charge in [0.1, 0.15) is 0 Å². The molecule has 1 aromatic carbocycles. The van der Waals surface area contributed by atoms with Crippen molar-refractivity contribution in [3.63, 3.8) is 0 Å². The predicted molar refractivity (Wildman–Crippen MR) is 88.3 cm³/mol. The number of sulfone groups is 1. The van der Waals surface area contributed by atoms with E-state index >= 15 is 0 Å². The van der Waals surface area contributed by atoms with Gasteiger partial charge in [0.05, 0.1) is 17.1 Å². The van der Waals surface area contributed by atoms with Crippen LogP contribution in [0, 0.1) is 0 Å². The lowest BCUT2D eigenvalue weighted by atomic mass is 10.2. The maximum absolute atomic E-state index is 12.2. The third-order valence-corrected chi connectivity index (χ3v) is 6.12. The van der Waals surface area contributed by atoms with Gasteiger partial charge < -0.3 is 10.1 Å². The van der Waals surface area contributed by atoms with Crippen LogP contribution in [-0.2, 0) is 19.4 Å². The molecule has 8 heteroatoms. The largest absolute Gasteiger partial charge is 0.449 e. The number of nitrogens with one attached hydrogen (secondary N) is 1. The molecule has 1 heterocycles. The van der Waals surface area contributed by atoms with Crippen LogP contribution < -0.4 is 5.32 Å². The Balaban J connectivity index is 1.94. The Morgan fingerprint density at radius 2 is 2.04 bits per heavy atom. The van der Waals surface area contributed by atoms with Crippen LogP contribution in [0.25, 0.3) is 0 Å². The number of rotatable bonds is 5. The van der Waals surface area contributed by atoms with Crippen LogP contribution >= 0.6 is 11.8 Å². The topological polar surface area (TPSA) is 89.5 Å². The Kier molecular flexibility index (Phi) is 5.69. The Morgan fingerprint density at radius 1 is 1.35 bits per heavy atom. The van der Waals surface area contributed by atoms with E-state index in [1.54, 1.807) is 18.2 Å². The van der Waals surface area contributed by atoms with Crippen LogP contribution in [0.3, 0.4) is 0 Å². The summed E-state index contributed by atoms with van der Waals surface area (Å²) in [6.07, 6.45) is 1.26. The van der Waals surface area contributed by atoms with Gasteiger partial charge >= 0.3 is 5.97 Å². The normalized spacial score (nSPS) is 20.7. The first-order valence-electron chi connectivity index (χ1n) is 7.17. The standard InChI is InChI=1S/C15H19NO5S2/c1-10(14(17)16-11-7-8-23(19,20)9-11)21-15(18)12-5-3-4-6-13(12)22-2/h3-6,10-11H,7-9H2,1-2H3,(H,16,17)/t10-,11-/m0/s1. The Morgan fingerprint density at radius 3 is 2.65 bits per heavy atom. The smallest absolute Gasteiger partial charge is 0.340 e. The number of thioether (sulfide) groups is 1. The van der Waals surface area contributed by atoms with Gasteiger partial charge in [0.2, 0.25) is 0 Å². The van der Waals surface area contributed by atoms with Crippen LogP contribution in [0.5, 0.6) is 0 Å². The molecule has 1 aliphatic heterocycles. The molecule has 23 heavy (non-hydrogen) atoms. The minimum absolute atomic E-state index is 0.0608. The molecule has 2 rings (SSSR count). The van der Waals surface area contributed by atoms with Crippen molar-refractivity contribution in [3.8, 4) is 0 Å². The fraction of sp³-hybridized carbons (Fsp3) is 0.467. The van der Waals surface area contributed by atoms with Crippen molar-refractivity contribution in [1.29, 1.82) is 0 Å². The van der Waals surface area contributed by atoms with Crippen molar-refractivity contribution in [3.05, 3.63) is 29.8 Å². The molecule has 0 radical (unpaired) electrons. The van der Waals surface area contributed by atoms with Gasteiger partial charge in [-0.1, -0.05) is 12.1 Å². The van der Waals surface area contributed by atoms with E-state index in [-0.39, 0.29) is 11.5 Å². The Labute approximate surface area is 139 Å². The molecule has 0 aliphatic carbocycles. The second-order valence-corrected chi connectivity index (χ2v) is 8.43. The molecule has 0 aromatic heterocycles. The summed E-state index contributed by atoms with van der Waals surface area (Å²) < 4.78 is 28.0. The first kappa shape index (κ1) is 17.8. The molecule has 1 fully saturated rings. The number of hydrogen-bond acceptors (Lipinski definition) is 6. The minimum Gasteiger partial charge on any atom is -0.449 e. The van der Waals surface area contributed by atoms with E-state index in [1.165, 1.54) is 18.7 Å². The van der Waals surface area contributed by atoms with E-state index < -0.39 is 33.9 Å². The summed E-state index contributed by atoms with van der Waals surface area (Å²) in [5.41, 5.74) is 0.406. The van der Waals surface area contributed by atoms with Crippen LogP contribution in [0.4, 0.5) is 0 Å². The zero-order valence-corrected chi connectivity index (χ0v) is 14.6. The SMILES string of the molecule is CSc1ccccc1C(=O)O[C@@H](C)C(=O)N[C@H]1CCS(=O)(=O)C1. The maximum atomic E-state index is 12.2. The summed E-state index contributed by atoms with van der Waals surface area (Å²) >= 11 is 1.42. The number of amides is 1. The number of carbonyl (C=O) groups is 2. The fourth-order valence-electron chi connectivity index (χ4n) is 2.32. The van der Waals surface area contributed by atoms with Crippen molar-refractivity contribution in [2.75, 3.05) is 17.8 Å². The highest BCUT2D eigenvalue weighted by Gasteiger charge is 2.31. The zero-order chi connectivity index (χ0) is 17.0. The summed E-state index contributed by atoms with van der Waals surface area (Å²) in [7, 11) is -3.07. The van der Waals surface area contributed by atoms with Gasteiger partial charge in [-0.3, -0.25) is 4.79 Å². The summed E-state index contributed by atoms with van der Waals surface area (Å²) in [6.45, 7) is 1.47. The quantitative estimate of drug-likeness (QED) is 0.630. The van der Waals surface area contributed by atoms with Crippen molar-refractivity contribution in [2.45, 2.75) is 30.4 Å². The van der Waals surface area contributed by atoms with Crippen LogP contribution in [-0.4, -0.2) is 50.2 Å². The molecular weight excluding hydrogens is 338 g/mol. The summed E-state index contributed by atoms with van der Waals surface area (Å²) in [4.78, 5) is 25.0. The van der Waals surface area contributed by atoms with Gasteiger partial charge in [0.25, 0.3) is 5.91 Å². The highest BCUT2D eigenvalue weighted by molar-refractivity contribution is 7.98. The summed E-state index contributed by atoms with van der Waals surface area (Å²) in [6, 6.07) is 6.58. The van der Waals surface area contributed by atoms with E-state index in [9.17, 15) is 18.0 Å². The molecule has 6 nitrogen and oxygen atoms in total. The lowest BCUT2D eigenvalue weighted by Crippen LogP contribution is -2.42. The van der Waals surface area contributed by atoms with E-state index in [0.29, 0.717) is 12.0 Å². The van der Waals surface area contributed by atoms with Gasteiger partial charge in [0.15, 0.2) is 15.9 Å². The summed E-state index contributed by atoms with van der Waals surface area (Å²) in [5.74, 6) is -1.04. The molecule has 126 valence electrons. The lowest BCUT2D eigenvalue weighted by molar-refractivity contribution is -0.129. The van der Waals surface area contributed by atoms with Crippen LogP contribution in [0.1, 0.15) is 23.7 Å². The maximum Gasteiger partial charge on any atom is 0.340 e. The van der Waals surface area contributed by atoms with Crippen molar-refractivity contribution in [2.24, 2.45) is 0 Å². The molecule has 0 unspecified atom stereocenters. The number of ether oxygens (including phenoxy) is 1. The number of hydrogen-bond donors (Lipinski definition) is 1. The molecule has 0 spiro atoms. The molecule has 0 saturated carbocycles. The zero-order valence-electron chi connectivity index (χ0n) is 12.9. The monoisotopic (exact) mass is 357 g/mol. The highest BCUT2D eigenvalue weighted by atomic mass is 32.2. The van der Waals surface area contributed by atoms with Crippen molar-refractivity contribution in [1.82, 2.24) is 5.32 Å². The second kappa shape index (κ2) is 7.35. The molecular formula is C15H19NO5S2. The fourth-order valence-corrected chi connectivity index (χ4v) is 4.58. The predicted octanol–water partition coefficient (Wildman–Crippen LogP) is 1.26. The van der Waals surface area contributed by atoms with Gasteiger partial charge in [-0.2, -0.15) is 0 Å².